The number of methoxy groups -OCH3 is 1. The lowest BCUT2D eigenvalue weighted by atomic mass is 10.3. The van der Waals surface area contributed by atoms with E-state index < -0.39 is 0 Å². The van der Waals surface area contributed by atoms with Crippen LogP contribution in [0.3, 0.4) is 0 Å². The van der Waals surface area contributed by atoms with Crippen molar-refractivity contribution in [2.75, 3.05) is 13.7 Å². The molecule has 0 aliphatic heterocycles. The van der Waals surface area contributed by atoms with Crippen molar-refractivity contribution in [2.45, 2.75) is 13.0 Å². The first-order valence-corrected chi connectivity index (χ1v) is 7.51. The third-order valence-corrected chi connectivity index (χ3v) is 3.33. The molecular formula is C18H17NO5. The van der Waals surface area contributed by atoms with E-state index in [2.05, 4.69) is 4.98 Å². The number of benzene rings is 2. The number of carbonyl (C=O) groups is 1. The first-order chi connectivity index (χ1) is 11.7. The lowest BCUT2D eigenvalue weighted by molar-refractivity contribution is -0.146. The molecular weight excluding hydrogens is 310 g/mol. The van der Waals surface area contributed by atoms with Crippen LogP contribution in [0.25, 0.3) is 11.1 Å². The maximum Gasteiger partial charge on any atom is 0.309 e. The van der Waals surface area contributed by atoms with Crippen LogP contribution in [0.2, 0.25) is 0 Å². The van der Waals surface area contributed by atoms with Gasteiger partial charge >= 0.3 is 5.97 Å². The summed E-state index contributed by atoms with van der Waals surface area (Å²) >= 11 is 0. The molecule has 0 unspecified atom stereocenters. The summed E-state index contributed by atoms with van der Waals surface area (Å²) in [5.41, 5.74) is 1.41. The van der Waals surface area contributed by atoms with Crippen LogP contribution in [0.15, 0.2) is 52.9 Å². The Balaban J connectivity index is 1.42. The van der Waals surface area contributed by atoms with Crippen LogP contribution >= 0.6 is 0 Å². The zero-order valence-electron chi connectivity index (χ0n) is 13.2. The molecule has 0 aliphatic rings. The van der Waals surface area contributed by atoms with Crippen molar-refractivity contribution < 1.29 is 23.4 Å². The number of ether oxygens (including phenoxy) is 3. The Morgan fingerprint density at radius 3 is 2.58 bits per heavy atom. The van der Waals surface area contributed by atoms with Gasteiger partial charge in [0.25, 0.3) is 0 Å². The SMILES string of the molecule is COc1ccc(OCCC(=O)OCc2nc3ccccc3o2)cc1. The molecule has 0 atom stereocenters. The van der Waals surface area contributed by atoms with Gasteiger partial charge in [-0.1, -0.05) is 12.1 Å². The van der Waals surface area contributed by atoms with Gasteiger partial charge in [-0.25, -0.2) is 4.98 Å². The number of carbonyl (C=O) groups excluding carboxylic acids is 1. The summed E-state index contributed by atoms with van der Waals surface area (Å²) in [6.45, 7) is 0.245. The number of rotatable bonds is 7. The standard InChI is InChI=1S/C18H17NO5/c1-21-13-6-8-14(9-7-13)22-11-10-18(20)23-12-17-19-15-4-2-3-5-16(15)24-17/h2-9H,10-12H2,1H3. The Bertz CT molecular complexity index is 777. The minimum atomic E-state index is -0.370. The summed E-state index contributed by atoms with van der Waals surface area (Å²) in [4.78, 5) is 16.0. The van der Waals surface area contributed by atoms with Crippen LogP contribution in [0.5, 0.6) is 11.5 Å². The summed E-state index contributed by atoms with van der Waals surface area (Å²) < 4.78 is 21.2. The number of oxazole rings is 1. The fourth-order valence-corrected chi connectivity index (χ4v) is 2.12. The summed E-state index contributed by atoms with van der Waals surface area (Å²) in [5, 5.41) is 0. The summed E-state index contributed by atoms with van der Waals surface area (Å²) in [6.07, 6.45) is 0.145. The Morgan fingerprint density at radius 1 is 1.08 bits per heavy atom. The van der Waals surface area contributed by atoms with E-state index in [1.807, 2.05) is 24.3 Å². The van der Waals surface area contributed by atoms with Gasteiger partial charge in [0.2, 0.25) is 5.89 Å². The minimum absolute atomic E-state index is 0.00997. The highest BCUT2D eigenvalue weighted by Crippen LogP contribution is 2.17. The van der Waals surface area contributed by atoms with Crippen LogP contribution in [0.1, 0.15) is 12.3 Å². The number of hydrogen-bond acceptors (Lipinski definition) is 6. The van der Waals surface area contributed by atoms with Crippen molar-refractivity contribution in [1.29, 1.82) is 0 Å². The second-order valence-corrected chi connectivity index (χ2v) is 5.01. The Hall–Kier alpha value is -3.02. The van der Waals surface area contributed by atoms with Crippen molar-refractivity contribution >= 4 is 17.1 Å². The molecule has 0 saturated heterocycles. The lowest BCUT2D eigenvalue weighted by Gasteiger charge is -2.06. The predicted octanol–water partition coefficient (Wildman–Crippen LogP) is 3.35. The van der Waals surface area contributed by atoms with Crippen LogP contribution < -0.4 is 9.47 Å². The maximum absolute atomic E-state index is 11.7. The molecule has 0 amide bonds. The highest BCUT2D eigenvalue weighted by molar-refractivity contribution is 5.72. The molecule has 0 radical (unpaired) electrons. The van der Waals surface area contributed by atoms with Gasteiger partial charge in [0.1, 0.15) is 17.0 Å². The zero-order chi connectivity index (χ0) is 16.8. The van der Waals surface area contributed by atoms with Gasteiger partial charge in [-0.2, -0.15) is 0 Å². The van der Waals surface area contributed by atoms with Gasteiger partial charge in [-0.05, 0) is 36.4 Å². The average molecular weight is 327 g/mol. The zero-order valence-corrected chi connectivity index (χ0v) is 13.2. The highest BCUT2D eigenvalue weighted by atomic mass is 16.5. The second-order valence-electron chi connectivity index (χ2n) is 5.01. The smallest absolute Gasteiger partial charge is 0.309 e. The molecule has 0 aliphatic carbocycles. The fraction of sp³-hybridized carbons (Fsp3) is 0.222. The number of esters is 1. The summed E-state index contributed by atoms with van der Waals surface area (Å²) in [7, 11) is 1.60. The van der Waals surface area contributed by atoms with E-state index in [4.69, 9.17) is 18.6 Å². The number of fused-ring (bicyclic) bond motifs is 1. The van der Waals surface area contributed by atoms with E-state index in [0.29, 0.717) is 17.2 Å². The molecule has 0 saturated carbocycles. The van der Waals surface area contributed by atoms with E-state index in [9.17, 15) is 4.79 Å². The first-order valence-electron chi connectivity index (χ1n) is 7.51. The second kappa shape index (κ2) is 7.50. The van der Waals surface area contributed by atoms with Crippen LogP contribution in [-0.4, -0.2) is 24.7 Å². The van der Waals surface area contributed by atoms with Gasteiger partial charge in [0.15, 0.2) is 12.2 Å². The highest BCUT2D eigenvalue weighted by Gasteiger charge is 2.09. The molecule has 2 aromatic carbocycles. The molecule has 1 aromatic heterocycles. The van der Waals surface area contributed by atoms with Crippen LogP contribution in [0, 0.1) is 0 Å². The van der Waals surface area contributed by atoms with E-state index >= 15 is 0 Å². The molecule has 0 spiro atoms. The Kier molecular flexibility index (Phi) is 4.96. The average Bonchev–Trinajstić information content (AvgIpc) is 3.03. The number of nitrogens with zero attached hydrogens (tertiary/aromatic N) is 1. The Morgan fingerprint density at radius 2 is 1.83 bits per heavy atom. The van der Waals surface area contributed by atoms with Crippen molar-refractivity contribution in [3.8, 4) is 11.5 Å². The molecule has 3 aromatic rings. The number of hydrogen-bond donors (Lipinski definition) is 0. The summed E-state index contributed by atoms with van der Waals surface area (Å²) in [5.74, 6) is 1.43. The molecule has 0 bridgehead atoms. The molecule has 0 N–H and O–H groups in total. The van der Waals surface area contributed by atoms with Crippen molar-refractivity contribution in [3.63, 3.8) is 0 Å². The molecule has 0 fully saturated rings. The van der Waals surface area contributed by atoms with E-state index in [1.54, 1.807) is 31.4 Å². The van der Waals surface area contributed by atoms with Crippen molar-refractivity contribution in [3.05, 3.63) is 54.4 Å². The third kappa shape index (κ3) is 4.04. The van der Waals surface area contributed by atoms with Gasteiger partial charge in [-0.3, -0.25) is 4.79 Å². The number of para-hydroxylation sites is 2. The molecule has 1 heterocycles. The van der Waals surface area contributed by atoms with Crippen molar-refractivity contribution in [2.24, 2.45) is 0 Å². The molecule has 24 heavy (non-hydrogen) atoms. The van der Waals surface area contributed by atoms with E-state index in [-0.39, 0.29) is 25.6 Å². The normalized spacial score (nSPS) is 10.5. The number of aromatic nitrogens is 1. The molecule has 3 rings (SSSR count). The van der Waals surface area contributed by atoms with Gasteiger partial charge in [0.05, 0.1) is 20.1 Å². The van der Waals surface area contributed by atoms with Gasteiger partial charge < -0.3 is 18.6 Å². The largest absolute Gasteiger partial charge is 0.497 e. The third-order valence-electron chi connectivity index (χ3n) is 3.33. The summed E-state index contributed by atoms with van der Waals surface area (Å²) in [6, 6.07) is 14.5. The first kappa shape index (κ1) is 15.9. The fourth-order valence-electron chi connectivity index (χ4n) is 2.12. The van der Waals surface area contributed by atoms with E-state index in [1.165, 1.54) is 0 Å². The molecule has 6 heteroatoms. The predicted molar refractivity (Wildman–Crippen MR) is 86.9 cm³/mol. The monoisotopic (exact) mass is 327 g/mol. The quantitative estimate of drug-likeness (QED) is 0.620. The molecule has 6 nitrogen and oxygen atoms in total. The van der Waals surface area contributed by atoms with Crippen molar-refractivity contribution in [1.82, 2.24) is 4.98 Å². The minimum Gasteiger partial charge on any atom is -0.497 e. The van der Waals surface area contributed by atoms with Crippen LogP contribution in [-0.2, 0) is 16.1 Å². The molecule has 124 valence electrons. The van der Waals surface area contributed by atoms with E-state index in [0.717, 1.165) is 11.3 Å². The van der Waals surface area contributed by atoms with Crippen LogP contribution in [0.4, 0.5) is 0 Å². The lowest BCUT2D eigenvalue weighted by Crippen LogP contribution is -2.10. The van der Waals surface area contributed by atoms with Gasteiger partial charge in [-0.15, -0.1) is 0 Å². The Labute approximate surface area is 139 Å². The van der Waals surface area contributed by atoms with Gasteiger partial charge in [0, 0.05) is 0 Å². The maximum atomic E-state index is 11.7. The topological polar surface area (TPSA) is 70.8 Å².